The van der Waals surface area contributed by atoms with E-state index in [1.807, 2.05) is 0 Å². The fraction of sp³-hybridized carbons (Fsp3) is 0.900. The van der Waals surface area contributed by atoms with Crippen LogP contribution < -0.4 is 10.6 Å². The van der Waals surface area contributed by atoms with Crippen LogP contribution in [0.5, 0.6) is 0 Å². The number of piperidine rings is 1. The highest BCUT2D eigenvalue weighted by Gasteiger charge is 2.65. The quantitative estimate of drug-likeness (QED) is 0.634. The minimum absolute atomic E-state index is 0.152. The Hall–Kier alpha value is -0.570. The van der Waals surface area contributed by atoms with E-state index in [0.717, 1.165) is 25.9 Å². The van der Waals surface area contributed by atoms with Crippen molar-refractivity contribution in [3.05, 3.63) is 0 Å². The predicted molar refractivity (Wildman–Crippen MR) is 49.1 cm³/mol. The van der Waals surface area contributed by atoms with Gasteiger partial charge in [0.25, 0.3) is 0 Å². The molecule has 0 spiro atoms. The van der Waals surface area contributed by atoms with Gasteiger partial charge in [0.15, 0.2) is 0 Å². The van der Waals surface area contributed by atoms with Crippen molar-refractivity contribution in [1.29, 1.82) is 0 Å². The van der Waals surface area contributed by atoms with Gasteiger partial charge in [0.05, 0.1) is 5.54 Å². The summed E-state index contributed by atoms with van der Waals surface area (Å²) in [6.45, 7) is 4.32. The third-order valence-electron chi connectivity index (χ3n) is 4.05. The van der Waals surface area contributed by atoms with Crippen molar-refractivity contribution >= 4 is 5.91 Å². The average molecular weight is 180 g/mol. The summed E-state index contributed by atoms with van der Waals surface area (Å²) < 4.78 is 0. The summed E-state index contributed by atoms with van der Waals surface area (Å²) in [6.07, 6.45) is 2.21. The number of fused-ring (bicyclic) bond motifs is 1. The van der Waals surface area contributed by atoms with Gasteiger partial charge in [-0.25, -0.2) is 0 Å². The van der Waals surface area contributed by atoms with Gasteiger partial charge in [-0.15, -0.1) is 0 Å². The molecule has 3 fully saturated rings. The number of hydrogen-bond acceptors (Lipinski definition) is 2. The lowest BCUT2D eigenvalue weighted by molar-refractivity contribution is -0.123. The van der Waals surface area contributed by atoms with Gasteiger partial charge in [-0.3, -0.25) is 4.79 Å². The Kier molecular flexibility index (Phi) is 1.36. The van der Waals surface area contributed by atoms with E-state index in [4.69, 9.17) is 0 Å². The zero-order valence-electron chi connectivity index (χ0n) is 7.97. The van der Waals surface area contributed by atoms with E-state index in [2.05, 4.69) is 17.6 Å². The van der Waals surface area contributed by atoms with Gasteiger partial charge in [-0.2, -0.15) is 0 Å². The van der Waals surface area contributed by atoms with Crippen molar-refractivity contribution in [3.63, 3.8) is 0 Å². The van der Waals surface area contributed by atoms with E-state index in [-0.39, 0.29) is 5.54 Å². The van der Waals surface area contributed by atoms with E-state index in [0.29, 0.717) is 23.7 Å². The molecule has 0 aromatic heterocycles. The monoisotopic (exact) mass is 180 g/mol. The topological polar surface area (TPSA) is 41.1 Å². The Labute approximate surface area is 78.3 Å². The lowest BCUT2D eigenvalue weighted by Crippen LogP contribution is -2.43. The van der Waals surface area contributed by atoms with Crippen molar-refractivity contribution in [1.82, 2.24) is 10.6 Å². The van der Waals surface area contributed by atoms with E-state index in [1.54, 1.807) is 0 Å². The van der Waals surface area contributed by atoms with Crippen molar-refractivity contribution < 1.29 is 4.79 Å². The molecule has 13 heavy (non-hydrogen) atoms. The Morgan fingerprint density at radius 2 is 2.31 bits per heavy atom. The first-order valence-corrected chi connectivity index (χ1v) is 5.27. The standard InChI is InChI=1S/C10H16N2O/c1-6-8-4-11-5-10(6,8)12-9(13)7-2-3-7/h6-8,11H,2-5H2,1H3,(H,12,13)/t6-,8+,10+/m1/s1. The molecule has 0 radical (unpaired) electrons. The van der Waals surface area contributed by atoms with Crippen molar-refractivity contribution in [3.8, 4) is 0 Å². The third-order valence-corrected chi connectivity index (χ3v) is 4.05. The summed E-state index contributed by atoms with van der Waals surface area (Å²) in [4.78, 5) is 11.6. The molecule has 1 saturated heterocycles. The molecule has 3 aliphatic rings. The van der Waals surface area contributed by atoms with E-state index in [9.17, 15) is 4.79 Å². The minimum atomic E-state index is 0.152. The number of rotatable bonds is 2. The second-order valence-corrected chi connectivity index (χ2v) is 4.83. The lowest BCUT2D eigenvalue weighted by Gasteiger charge is -2.15. The first kappa shape index (κ1) is 7.80. The number of hydrogen-bond donors (Lipinski definition) is 2. The molecule has 3 heteroatoms. The number of nitrogens with one attached hydrogen (secondary N) is 2. The highest BCUT2D eigenvalue weighted by molar-refractivity contribution is 5.82. The van der Waals surface area contributed by atoms with Gasteiger partial charge in [0.2, 0.25) is 5.91 Å². The SMILES string of the molecule is C[C@@H]1[C@@H]2CNC[C@]12NC(=O)C1CC1. The van der Waals surface area contributed by atoms with E-state index < -0.39 is 0 Å². The van der Waals surface area contributed by atoms with Crippen LogP contribution in [0.1, 0.15) is 19.8 Å². The number of carbonyl (C=O) groups is 1. The van der Waals surface area contributed by atoms with Crippen LogP contribution in [0.3, 0.4) is 0 Å². The van der Waals surface area contributed by atoms with Gasteiger partial charge in [0.1, 0.15) is 0 Å². The zero-order chi connectivity index (χ0) is 9.05. The molecular weight excluding hydrogens is 164 g/mol. The third kappa shape index (κ3) is 0.966. The van der Waals surface area contributed by atoms with Gasteiger partial charge in [-0.05, 0) is 18.8 Å². The molecule has 1 aliphatic heterocycles. The molecule has 1 heterocycles. The van der Waals surface area contributed by atoms with Crippen molar-refractivity contribution in [2.24, 2.45) is 17.8 Å². The maximum Gasteiger partial charge on any atom is 0.223 e. The van der Waals surface area contributed by atoms with Gasteiger partial charge >= 0.3 is 0 Å². The van der Waals surface area contributed by atoms with Crippen LogP contribution in [0.15, 0.2) is 0 Å². The second kappa shape index (κ2) is 2.27. The molecule has 1 amide bonds. The Balaban J connectivity index is 1.68. The zero-order valence-corrected chi connectivity index (χ0v) is 7.97. The summed E-state index contributed by atoms with van der Waals surface area (Å²) >= 11 is 0. The largest absolute Gasteiger partial charge is 0.349 e. The number of carbonyl (C=O) groups excluding carboxylic acids is 1. The molecule has 0 bridgehead atoms. The summed E-state index contributed by atoms with van der Waals surface area (Å²) in [7, 11) is 0. The normalized spacial score (nSPS) is 47.2. The molecule has 3 atom stereocenters. The fourth-order valence-corrected chi connectivity index (χ4v) is 2.74. The minimum Gasteiger partial charge on any atom is -0.349 e. The smallest absolute Gasteiger partial charge is 0.223 e. The Bertz CT molecular complexity index is 262. The molecule has 2 aliphatic carbocycles. The summed E-state index contributed by atoms with van der Waals surface area (Å²) in [5, 5.41) is 6.58. The molecule has 2 N–H and O–H groups in total. The second-order valence-electron chi connectivity index (χ2n) is 4.83. The van der Waals surface area contributed by atoms with Crippen LogP contribution in [0, 0.1) is 17.8 Å². The molecular formula is C10H16N2O. The van der Waals surface area contributed by atoms with Crippen LogP contribution in [0.2, 0.25) is 0 Å². The van der Waals surface area contributed by atoms with Gasteiger partial charge < -0.3 is 10.6 Å². The highest BCUT2D eigenvalue weighted by Crippen LogP contribution is 2.52. The maximum atomic E-state index is 11.6. The fourth-order valence-electron chi connectivity index (χ4n) is 2.74. The van der Waals surface area contributed by atoms with Crippen LogP contribution in [-0.2, 0) is 4.79 Å². The molecule has 0 aromatic carbocycles. The molecule has 3 nitrogen and oxygen atoms in total. The first-order valence-electron chi connectivity index (χ1n) is 5.27. The first-order chi connectivity index (χ1) is 6.24. The summed E-state index contributed by atoms with van der Waals surface area (Å²) in [5.41, 5.74) is 0.152. The molecule has 0 aromatic rings. The van der Waals surface area contributed by atoms with E-state index >= 15 is 0 Å². The predicted octanol–water partition coefficient (Wildman–Crippen LogP) is 0.120. The highest BCUT2D eigenvalue weighted by atomic mass is 16.2. The van der Waals surface area contributed by atoms with Crippen LogP contribution >= 0.6 is 0 Å². The van der Waals surface area contributed by atoms with Gasteiger partial charge in [-0.1, -0.05) is 6.92 Å². The summed E-state index contributed by atoms with van der Waals surface area (Å²) in [6, 6.07) is 0. The molecule has 2 saturated carbocycles. The van der Waals surface area contributed by atoms with Crippen molar-refractivity contribution in [2.75, 3.05) is 13.1 Å². The Morgan fingerprint density at radius 1 is 1.54 bits per heavy atom. The molecule has 72 valence electrons. The average Bonchev–Trinajstić information content (AvgIpc) is 2.97. The van der Waals surface area contributed by atoms with E-state index in [1.165, 1.54) is 0 Å². The van der Waals surface area contributed by atoms with Crippen molar-refractivity contribution in [2.45, 2.75) is 25.3 Å². The van der Waals surface area contributed by atoms with Crippen LogP contribution in [0.25, 0.3) is 0 Å². The van der Waals surface area contributed by atoms with Crippen LogP contribution in [-0.4, -0.2) is 24.5 Å². The number of amides is 1. The maximum absolute atomic E-state index is 11.6. The van der Waals surface area contributed by atoms with Crippen LogP contribution in [0.4, 0.5) is 0 Å². The summed E-state index contributed by atoms with van der Waals surface area (Å²) in [5.74, 6) is 2.05. The molecule has 3 rings (SSSR count). The molecule has 0 unspecified atom stereocenters. The Morgan fingerprint density at radius 3 is 2.85 bits per heavy atom. The lowest BCUT2D eigenvalue weighted by atomic mass is 10.2. The van der Waals surface area contributed by atoms with Gasteiger partial charge in [0, 0.05) is 24.9 Å².